The molecule has 0 radical (unpaired) electrons. The van der Waals surface area contributed by atoms with Gasteiger partial charge in [-0.3, -0.25) is 9.69 Å². The molecule has 0 spiro atoms. The van der Waals surface area contributed by atoms with Gasteiger partial charge in [0.15, 0.2) is 5.13 Å². The maximum atomic E-state index is 13.1. The number of halogens is 1. The number of fused-ring (bicyclic) bond motifs is 1. The summed E-state index contributed by atoms with van der Waals surface area (Å²) in [6, 6.07) is 4.02. The van der Waals surface area contributed by atoms with Crippen molar-refractivity contribution in [3.63, 3.8) is 0 Å². The van der Waals surface area contributed by atoms with Crippen LogP contribution in [0.5, 0.6) is 0 Å². The molecule has 1 saturated heterocycles. The van der Waals surface area contributed by atoms with Crippen LogP contribution >= 0.6 is 11.3 Å². The van der Waals surface area contributed by atoms with Crippen molar-refractivity contribution in [3.8, 4) is 0 Å². The summed E-state index contributed by atoms with van der Waals surface area (Å²) >= 11 is 1.25. The topological polar surface area (TPSA) is 65.5 Å². The molecular weight excluding hydrogens is 293 g/mol. The molecule has 1 aliphatic rings. The number of carbonyl (C=O) groups is 1. The molecule has 21 heavy (non-hydrogen) atoms. The number of anilines is 1. The van der Waals surface area contributed by atoms with Gasteiger partial charge in [0, 0.05) is 13.1 Å². The van der Waals surface area contributed by atoms with E-state index in [0.29, 0.717) is 34.9 Å². The first-order valence-electron chi connectivity index (χ1n) is 6.82. The van der Waals surface area contributed by atoms with E-state index in [2.05, 4.69) is 10.3 Å². The highest BCUT2D eigenvalue weighted by atomic mass is 32.1. The Kier molecular flexibility index (Phi) is 3.88. The van der Waals surface area contributed by atoms with Crippen LogP contribution in [0.15, 0.2) is 18.2 Å². The number of rotatable bonds is 3. The lowest BCUT2D eigenvalue weighted by atomic mass is 10.3. The van der Waals surface area contributed by atoms with Crippen molar-refractivity contribution in [1.29, 1.82) is 0 Å². The van der Waals surface area contributed by atoms with Gasteiger partial charge in [-0.05, 0) is 31.5 Å². The molecule has 0 aliphatic carbocycles. The van der Waals surface area contributed by atoms with Crippen LogP contribution in [-0.4, -0.2) is 46.1 Å². The fourth-order valence-electron chi connectivity index (χ4n) is 2.45. The van der Waals surface area contributed by atoms with Crippen molar-refractivity contribution in [2.45, 2.75) is 25.5 Å². The highest BCUT2D eigenvalue weighted by Crippen LogP contribution is 2.26. The summed E-state index contributed by atoms with van der Waals surface area (Å²) in [5.41, 5.74) is 0.668. The van der Waals surface area contributed by atoms with E-state index in [1.807, 2.05) is 4.90 Å². The molecular formula is C14H16FN3O2S. The summed E-state index contributed by atoms with van der Waals surface area (Å²) in [7, 11) is 0. The second kappa shape index (κ2) is 5.67. The first-order valence-corrected chi connectivity index (χ1v) is 7.63. The van der Waals surface area contributed by atoms with Crippen molar-refractivity contribution in [2.24, 2.45) is 0 Å². The van der Waals surface area contributed by atoms with Crippen LogP contribution in [0.2, 0.25) is 0 Å². The van der Waals surface area contributed by atoms with Gasteiger partial charge < -0.3 is 10.4 Å². The van der Waals surface area contributed by atoms with Crippen LogP contribution in [0.4, 0.5) is 9.52 Å². The molecule has 1 unspecified atom stereocenters. The van der Waals surface area contributed by atoms with Crippen LogP contribution in [0, 0.1) is 5.82 Å². The minimum atomic E-state index is -0.356. The fraction of sp³-hybridized carbons (Fsp3) is 0.429. The normalized spacial score (nSPS) is 20.8. The number of aromatic nitrogens is 1. The average molecular weight is 309 g/mol. The molecule has 3 rings (SSSR count). The fourth-order valence-corrected chi connectivity index (χ4v) is 3.34. The number of thiazole rings is 1. The lowest BCUT2D eigenvalue weighted by molar-refractivity contribution is -0.120. The molecule has 1 aromatic carbocycles. The zero-order valence-electron chi connectivity index (χ0n) is 11.5. The van der Waals surface area contributed by atoms with E-state index in [9.17, 15) is 14.3 Å². The third-order valence-corrected chi connectivity index (χ3v) is 4.64. The Morgan fingerprint density at radius 3 is 3.14 bits per heavy atom. The lowest BCUT2D eigenvalue weighted by Crippen LogP contribution is -2.41. The number of likely N-dealkylation sites (tertiary alicyclic amines) is 1. The number of carbonyl (C=O) groups excluding carboxylic acids is 1. The molecule has 1 fully saturated rings. The quantitative estimate of drug-likeness (QED) is 0.908. The lowest BCUT2D eigenvalue weighted by Gasteiger charge is -2.22. The zero-order valence-corrected chi connectivity index (χ0v) is 12.4. The summed E-state index contributed by atoms with van der Waals surface area (Å²) < 4.78 is 13.8. The maximum absolute atomic E-state index is 13.1. The third kappa shape index (κ3) is 3.04. The van der Waals surface area contributed by atoms with Gasteiger partial charge in [0.2, 0.25) is 5.91 Å². The predicted octanol–water partition coefficient (Wildman–Crippen LogP) is 1.83. The number of amides is 1. The van der Waals surface area contributed by atoms with Crippen LogP contribution in [-0.2, 0) is 4.79 Å². The molecule has 112 valence electrons. The SMILES string of the molecule is CC(C(=O)Nc1nc2ccc(F)cc2s1)N1CC[C@H](O)C1. The minimum Gasteiger partial charge on any atom is -0.392 e. The molecule has 0 saturated carbocycles. The Labute approximate surface area is 125 Å². The van der Waals surface area contributed by atoms with Crippen molar-refractivity contribution in [3.05, 3.63) is 24.0 Å². The summed E-state index contributed by atoms with van der Waals surface area (Å²) in [4.78, 5) is 18.4. The van der Waals surface area contributed by atoms with Gasteiger partial charge in [0.25, 0.3) is 0 Å². The molecule has 2 aromatic rings. The number of aliphatic hydroxyl groups is 1. The van der Waals surface area contributed by atoms with Gasteiger partial charge in [-0.1, -0.05) is 11.3 Å². The van der Waals surface area contributed by atoms with E-state index in [0.717, 1.165) is 0 Å². The van der Waals surface area contributed by atoms with E-state index < -0.39 is 0 Å². The van der Waals surface area contributed by atoms with Gasteiger partial charge in [0.1, 0.15) is 5.82 Å². The molecule has 1 aliphatic heterocycles. The Hall–Kier alpha value is -1.57. The van der Waals surface area contributed by atoms with E-state index in [1.165, 1.54) is 23.5 Å². The highest BCUT2D eigenvalue weighted by Gasteiger charge is 2.28. The second-order valence-corrected chi connectivity index (χ2v) is 6.26. The smallest absolute Gasteiger partial charge is 0.243 e. The molecule has 0 bridgehead atoms. The predicted molar refractivity (Wildman–Crippen MR) is 79.9 cm³/mol. The molecule has 2 heterocycles. The number of hydrogen-bond acceptors (Lipinski definition) is 5. The first kappa shape index (κ1) is 14.4. The Balaban J connectivity index is 1.70. The molecule has 1 amide bonds. The number of benzene rings is 1. The van der Waals surface area contributed by atoms with Crippen LogP contribution in [0.25, 0.3) is 10.2 Å². The van der Waals surface area contributed by atoms with Gasteiger partial charge in [-0.15, -0.1) is 0 Å². The van der Waals surface area contributed by atoms with Crippen LogP contribution in [0.3, 0.4) is 0 Å². The zero-order chi connectivity index (χ0) is 15.0. The highest BCUT2D eigenvalue weighted by molar-refractivity contribution is 7.22. The molecule has 5 nitrogen and oxygen atoms in total. The number of β-amino-alcohol motifs (C(OH)–C–C–N with tert-alkyl or cyclic N) is 1. The van der Waals surface area contributed by atoms with Crippen LogP contribution in [0.1, 0.15) is 13.3 Å². The summed E-state index contributed by atoms with van der Waals surface area (Å²) in [6.07, 6.45) is 0.337. The number of hydrogen-bond donors (Lipinski definition) is 2. The summed E-state index contributed by atoms with van der Waals surface area (Å²) in [5, 5.41) is 12.8. The average Bonchev–Trinajstić information content (AvgIpc) is 3.03. The standard InChI is InChI=1S/C14H16FN3O2S/c1-8(18-5-4-10(19)7-18)13(20)17-14-16-11-3-2-9(15)6-12(11)21-14/h2-3,6,8,10,19H,4-5,7H2,1H3,(H,16,17,20)/t8?,10-/m0/s1. The van der Waals surface area contributed by atoms with Crippen molar-refractivity contribution in [1.82, 2.24) is 9.88 Å². The molecule has 2 N–H and O–H groups in total. The van der Waals surface area contributed by atoms with Gasteiger partial charge in [0.05, 0.1) is 22.4 Å². The summed E-state index contributed by atoms with van der Waals surface area (Å²) in [5.74, 6) is -0.480. The van der Waals surface area contributed by atoms with Gasteiger partial charge in [-0.2, -0.15) is 0 Å². The molecule has 7 heteroatoms. The Bertz CT molecular complexity index is 675. The molecule has 2 atom stereocenters. The van der Waals surface area contributed by atoms with Gasteiger partial charge in [-0.25, -0.2) is 9.37 Å². The van der Waals surface area contributed by atoms with E-state index in [1.54, 1.807) is 13.0 Å². The van der Waals surface area contributed by atoms with Crippen molar-refractivity contribution >= 4 is 32.6 Å². The number of aliphatic hydroxyl groups excluding tert-OH is 1. The molecule has 1 aromatic heterocycles. The largest absolute Gasteiger partial charge is 0.392 e. The van der Waals surface area contributed by atoms with E-state index >= 15 is 0 Å². The minimum absolute atomic E-state index is 0.163. The second-order valence-electron chi connectivity index (χ2n) is 5.23. The third-order valence-electron chi connectivity index (χ3n) is 3.70. The van der Waals surface area contributed by atoms with Crippen molar-refractivity contribution < 1.29 is 14.3 Å². The number of nitrogens with zero attached hydrogens (tertiary/aromatic N) is 2. The first-order chi connectivity index (χ1) is 10.0. The van der Waals surface area contributed by atoms with Gasteiger partial charge >= 0.3 is 0 Å². The summed E-state index contributed by atoms with van der Waals surface area (Å²) in [6.45, 7) is 3.03. The Morgan fingerprint density at radius 1 is 1.62 bits per heavy atom. The monoisotopic (exact) mass is 309 g/mol. The number of nitrogens with one attached hydrogen (secondary N) is 1. The Morgan fingerprint density at radius 2 is 2.43 bits per heavy atom. The van der Waals surface area contributed by atoms with E-state index in [-0.39, 0.29) is 23.9 Å². The maximum Gasteiger partial charge on any atom is 0.243 e. The van der Waals surface area contributed by atoms with Crippen molar-refractivity contribution in [2.75, 3.05) is 18.4 Å². The van der Waals surface area contributed by atoms with Crippen LogP contribution < -0.4 is 5.32 Å². The van der Waals surface area contributed by atoms with E-state index in [4.69, 9.17) is 0 Å².